The molecule has 4 rings (SSSR count). The molecule has 1 aliphatic rings. The van der Waals surface area contributed by atoms with Crippen molar-refractivity contribution < 1.29 is 19.1 Å². The standard InChI is InChI=1S/C25H30N4O4S2/c1-5-29-20(13-33-17-9-6-15(2)7-10-17)27-28-25(29)34-14-21(30)26-23-22(24(31)32-4)18-11-8-16(3)12-19(18)35-23/h6-7,9-10,16H,5,8,11-14H2,1-4H3,(H,26,30). The molecule has 0 spiro atoms. The van der Waals surface area contributed by atoms with Crippen molar-refractivity contribution in [3.05, 3.63) is 51.7 Å². The van der Waals surface area contributed by atoms with Crippen LogP contribution < -0.4 is 10.1 Å². The number of amides is 1. The molecule has 1 amide bonds. The van der Waals surface area contributed by atoms with Gasteiger partial charge in [0, 0.05) is 11.4 Å². The van der Waals surface area contributed by atoms with Gasteiger partial charge in [0.25, 0.3) is 0 Å². The van der Waals surface area contributed by atoms with E-state index >= 15 is 0 Å². The Kier molecular flexibility index (Phi) is 8.12. The second-order valence-corrected chi connectivity index (χ2v) is 10.7. The van der Waals surface area contributed by atoms with E-state index in [1.54, 1.807) is 0 Å². The number of carbonyl (C=O) groups is 2. The lowest BCUT2D eigenvalue weighted by atomic mass is 9.88. The van der Waals surface area contributed by atoms with Crippen LogP contribution >= 0.6 is 23.1 Å². The van der Waals surface area contributed by atoms with Gasteiger partial charge in [-0.1, -0.05) is 36.4 Å². The number of thiophene rings is 1. The van der Waals surface area contributed by atoms with Gasteiger partial charge in [-0.25, -0.2) is 4.79 Å². The fourth-order valence-corrected chi connectivity index (χ4v) is 6.32. The first-order valence-corrected chi connectivity index (χ1v) is 13.5. The number of carbonyl (C=O) groups excluding carboxylic acids is 2. The summed E-state index contributed by atoms with van der Waals surface area (Å²) in [4.78, 5) is 26.4. The Morgan fingerprint density at radius 2 is 2.03 bits per heavy atom. The largest absolute Gasteiger partial charge is 0.486 e. The number of hydrogen-bond donors (Lipinski definition) is 1. The van der Waals surface area contributed by atoms with E-state index in [4.69, 9.17) is 9.47 Å². The van der Waals surface area contributed by atoms with Crippen molar-refractivity contribution in [3.63, 3.8) is 0 Å². The van der Waals surface area contributed by atoms with Gasteiger partial charge in [-0.2, -0.15) is 0 Å². The quantitative estimate of drug-likeness (QED) is 0.321. The third-order valence-electron chi connectivity index (χ3n) is 5.99. The van der Waals surface area contributed by atoms with E-state index in [1.807, 2.05) is 42.7 Å². The number of aromatic nitrogens is 3. The molecule has 1 aliphatic carbocycles. The molecule has 3 aromatic rings. The van der Waals surface area contributed by atoms with E-state index in [0.717, 1.165) is 35.5 Å². The zero-order chi connectivity index (χ0) is 24.9. The minimum atomic E-state index is -0.399. The van der Waals surface area contributed by atoms with Crippen LogP contribution in [0.5, 0.6) is 5.75 Å². The highest BCUT2D eigenvalue weighted by Gasteiger charge is 2.29. The van der Waals surface area contributed by atoms with E-state index in [9.17, 15) is 9.59 Å². The maximum atomic E-state index is 12.8. The molecule has 0 fully saturated rings. The Balaban J connectivity index is 1.40. The number of benzene rings is 1. The molecular formula is C25H30N4O4S2. The van der Waals surface area contributed by atoms with E-state index in [1.165, 1.54) is 35.8 Å². The molecular weight excluding hydrogens is 484 g/mol. The molecule has 1 unspecified atom stereocenters. The number of ether oxygens (including phenoxy) is 2. The van der Waals surface area contributed by atoms with Crippen LogP contribution in [0, 0.1) is 12.8 Å². The fourth-order valence-electron chi connectivity index (χ4n) is 4.08. The Labute approximate surface area is 213 Å². The predicted molar refractivity (Wildman–Crippen MR) is 137 cm³/mol. The molecule has 0 aliphatic heterocycles. The molecule has 1 N–H and O–H groups in total. The zero-order valence-electron chi connectivity index (χ0n) is 20.4. The van der Waals surface area contributed by atoms with Gasteiger partial charge >= 0.3 is 5.97 Å². The molecule has 186 valence electrons. The van der Waals surface area contributed by atoms with Gasteiger partial charge in [-0.3, -0.25) is 4.79 Å². The lowest BCUT2D eigenvalue weighted by Crippen LogP contribution is -2.17. The number of nitrogens with one attached hydrogen (secondary N) is 1. The monoisotopic (exact) mass is 514 g/mol. The van der Waals surface area contributed by atoms with E-state index in [-0.39, 0.29) is 18.3 Å². The number of fused-ring (bicyclic) bond motifs is 1. The number of hydrogen-bond acceptors (Lipinski definition) is 8. The summed E-state index contributed by atoms with van der Waals surface area (Å²) in [5.41, 5.74) is 2.69. The Morgan fingerprint density at radius 1 is 1.26 bits per heavy atom. The molecule has 0 saturated heterocycles. The van der Waals surface area contributed by atoms with Crippen molar-refractivity contribution in [1.29, 1.82) is 0 Å². The number of anilines is 1. The molecule has 1 atom stereocenters. The summed E-state index contributed by atoms with van der Waals surface area (Å²) < 4.78 is 12.8. The van der Waals surface area contributed by atoms with Crippen LogP contribution in [-0.2, 0) is 35.5 Å². The first-order valence-electron chi connectivity index (χ1n) is 11.7. The zero-order valence-corrected chi connectivity index (χ0v) is 22.1. The van der Waals surface area contributed by atoms with Gasteiger partial charge in [0.1, 0.15) is 17.4 Å². The fraction of sp³-hybridized carbons (Fsp3) is 0.440. The first kappa shape index (κ1) is 25.2. The second-order valence-electron chi connectivity index (χ2n) is 8.63. The summed E-state index contributed by atoms with van der Waals surface area (Å²) in [6.45, 7) is 7.19. The SMILES string of the molecule is CCn1c(COc2ccc(C)cc2)nnc1SCC(=O)Nc1sc2c(c1C(=O)OC)CCC(C)C2. The summed E-state index contributed by atoms with van der Waals surface area (Å²) in [5.74, 6) is 1.58. The average Bonchev–Trinajstić information content (AvgIpc) is 3.41. The van der Waals surface area contributed by atoms with Crippen LogP contribution in [0.2, 0.25) is 0 Å². The van der Waals surface area contributed by atoms with Crippen molar-refractivity contribution >= 4 is 40.0 Å². The van der Waals surface area contributed by atoms with Crippen molar-refractivity contribution in [2.75, 3.05) is 18.2 Å². The average molecular weight is 515 g/mol. The number of aryl methyl sites for hydroxylation is 1. The molecule has 1 aromatic carbocycles. The van der Waals surface area contributed by atoms with Crippen LogP contribution in [0.1, 0.15) is 52.5 Å². The molecule has 2 heterocycles. The van der Waals surface area contributed by atoms with Crippen molar-refractivity contribution in [2.24, 2.45) is 5.92 Å². The predicted octanol–water partition coefficient (Wildman–Crippen LogP) is 4.89. The third-order valence-corrected chi connectivity index (χ3v) is 8.12. The summed E-state index contributed by atoms with van der Waals surface area (Å²) in [7, 11) is 1.37. The normalized spacial score (nSPS) is 14.9. The van der Waals surface area contributed by atoms with Crippen LogP contribution in [0.3, 0.4) is 0 Å². The summed E-state index contributed by atoms with van der Waals surface area (Å²) >= 11 is 2.79. The van der Waals surface area contributed by atoms with Crippen LogP contribution in [-0.4, -0.2) is 39.5 Å². The smallest absolute Gasteiger partial charge is 0.341 e. The van der Waals surface area contributed by atoms with Crippen LogP contribution in [0.25, 0.3) is 0 Å². The highest BCUT2D eigenvalue weighted by Crippen LogP contribution is 2.40. The topological polar surface area (TPSA) is 95.3 Å². The van der Waals surface area contributed by atoms with E-state index in [0.29, 0.717) is 34.0 Å². The second kappa shape index (κ2) is 11.3. The number of nitrogens with zero attached hydrogens (tertiary/aromatic N) is 3. The highest BCUT2D eigenvalue weighted by molar-refractivity contribution is 7.99. The van der Waals surface area contributed by atoms with Crippen LogP contribution in [0.4, 0.5) is 5.00 Å². The van der Waals surface area contributed by atoms with Gasteiger partial charge in [0.2, 0.25) is 5.91 Å². The van der Waals surface area contributed by atoms with Gasteiger partial charge in [0.15, 0.2) is 11.0 Å². The van der Waals surface area contributed by atoms with Gasteiger partial charge < -0.3 is 19.4 Å². The van der Waals surface area contributed by atoms with Gasteiger partial charge in [-0.05, 0) is 56.7 Å². The van der Waals surface area contributed by atoms with E-state index in [2.05, 4.69) is 22.4 Å². The Bertz CT molecular complexity index is 1200. The van der Waals surface area contributed by atoms with Crippen molar-refractivity contribution in [1.82, 2.24) is 14.8 Å². The van der Waals surface area contributed by atoms with E-state index < -0.39 is 5.97 Å². The molecule has 10 heteroatoms. The minimum absolute atomic E-state index is 0.149. The lowest BCUT2D eigenvalue weighted by molar-refractivity contribution is -0.113. The Hall–Kier alpha value is -2.85. The number of rotatable bonds is 9. The third kappa shape index (κ3) is 5.87. The van der Waals surface area contributed by atoms with Gasteiger partial charge in [-0.15, -0.1) is 21.5 Å². The van der Waals surface area contributed by atoms with Crippen molar-refractivity contribution in [2.45, 2.75) is 58.3 Å². The van der Waals surface area contributed by atoms with Gasteiger partial charge in [0.05, 0.1) is 18.4 Å². The molecule has 0 bridgehead atoms. The van der Waals surface area contributed by atoms with Crippen LogP contribution in [0.15, 0.2) is 29.4 Å². The molecule has 0 radical (unpaired) electrons. The minimum Gasteiger partial charge on any atom is -0.486 e. The number of thioether (sulfide) groups is 1. The molecule has 0 saturated carbocycles. The Morgan fingerprint density at radius 3 is 2.74 bits per heavy atom. The number of methoxy groups -OCH3 is 1. The highest BCUT2D eigenvalue weighted by atomic mass is 32.2. The maximum Gasteiger partial charge on any atom is 0.341 e. The maximum absolute atomic E-state index is 12.8. The summed E-state index contributed by atoms with van der Waals surface area (Å²) in [6.07, 6.45) is 2.77. The first-order chi connectivity index (χ1) is 16.9. The summed E-state index contributed by atoms with van der Waals surface area (Å²) in [6, 6.07) is 7.84. The number of esters is 1. The molecule has 8 nitrogen and oxygen atoms in total. The lowest BCUT2D eigenvalue weighted by Gasteiger charge is -2.18. The van der Waals surface area contributed by atoms with Crippen molar-refractivity contribution in [3.8, 4) is 5.75 Å². The summed E-state index contributed by atoms with van der Waals surface area (Å²) in [5, 5.41) is 12.7. The molecule has 35 heavy (non-hydrogen) atoms. The molecule has 2 aromatic heterocycles.